The average molecular weight is 246 g/mol. The van der Waals surface area contributed by atoms with Crippen LogP contribution in [-0.4, -0.2) is 22.6 Å². The van der Waals surface area contributed by atoms with Crippen molar-refractivity contribution in [1.82, 2.24) is 0 Å². The SMILES string of the molecule is CCCCCCSCCCCCCC(=O)O. The lowest BCUT2D eigenvalue weighted by Crippen LogP contribution is -1.93. The van der Waals surface area contributed by atoms with Crippen molar-refractivity contribution in [2.75, 3.05) is 11.5 Å². The molecule has 0 spiro atoms. The molecule has 0 saturated carbocycles. The Labute approximate surface area is 104 Å². The van der Waals surface area contributed by atoms with Crippen LogP contribution in [0.5, 0.6) is 0 Å². The van der Waals surface area contributed by atoms with Crippen molar-refractivity contribution in [2.24, 2.45) is 0 Å². The molecule has 96 valence electrons. The van der Waals surface area contributed by atoms with E-state index in [1.54, 1.807) is 0 Å². The molecule has 0 heterocycles. The van der Waals surface area contributed by atoms with Crippen molar-refractivity contribution in [2.45, 2.75) is 64.7 Å². The first-order valence-corrected chi connectivity index (χ1v) is 7.72. The van der Waals surface area contributed by atoms with Crippen LogP contribution in [0, 0.1) is 0 Å². The number of carboxylic acids is 1. The normalized spacial score (nSPS) is 10.6. The number of unbranched alkanes of at least 4 members (excludes halogenated alkanes) is 6. The van der Waals surface area contributed by atoms with Crippen molar-refractivity contribution in [3.05, 3.63) is 0 Å². The van der Waals surface area contributed by atoms with Crippen LogP contribution in [-0.2, 0) is 4.79 Å². The number of hydrogen-bond acceptors (Lipinski definition) is 2. The van der Waals surface area contributed by atoms with Crippen LogP contribution >= 0.6 is 11.8 Å². The summed E-state index contributed by atoms with van der Waals surface area (Å²) >= 11 is 2.05. The molecule has 0 radical (unpaired) electrons. The minimum absolute atomic E-state index is 0.337. The molecular weight excluding hydrogens is 220 g/mol. The van der Waals surface area contributed by atoms with E-state index in [-0.39, 0.29) is 0 Å². The molecule has 0 aromatic heterocycles. The predicted octanol–water partition coefficient (Wildman–Crippen LogP) is 4.34. The summed E-state index contributed by atoms with van der Waals surface area (Å²) in [7, 11) is 0. The Morgan fingerprint density at radius 3 is 2.06 bits per heavy atom. The van der Waals surface area contributed by atoms with E-state index in [1.807, 2.05) is 0 Å². The average Bonchev–Trinajstić information content (AvgIpc) is 2.25. The maximum atomic E-state index is 10.3. The van der Waals surface area contributed by atoms with E-state index in [1.165, 1.54) is 50.0 Å². The zero-order chi connectivity index (χ0) is 12.1. The van der Waals surface area contributed by atoms with E-state index in [2.05, 4.69) is 18.7 Å². The second-order valence-corrected chi connectivity index (χ2v) is 5.46. The molecular formula is C13H26O2S. The van der Waals surface area contributed by atoms with Gasteiger partial charge >= 0.3 is 5.97 Å². The highest BCUT2D eigenvalue weighted by atomic mass is 32.2. The first-order valence-electron chi connectivity index (χ1n) is 6.57. The zero-order valence-electron chi connectivity index (χ0n) is 10.5. The molecule has 0 aliphatic heterocycles. The lowest BCUT2D eigenvalue weighted by Gasteiger charge is -2.01. The molecule has 0 aromatic rings. The summed E-state index contributed by atoms with van der Waals surface area (Å²) in [6.07, 6.45) is 10.1. The quantitative estimate of drug-likeness (QED) is 0.521. The number of thioether (sulfide) groups is 1. The summed E-state index contributed by atoms with van der Waals surface area (Å²) < 4.78 is 0. The Kier molecular flexibility index (Phi) is 12.7. The first-order chi connectivity index (χ1) is 7.77. The molecule has 16 heavy (non-hydrogen) atoms. The molecule has 0 amide bonds. The lowest BCUT2D eigenvalue weighted by molar-refractivity contribution is -0.137. The van der Waals surface area contributed by atoms with Crippen molar-refractivity contribution < 1.29 is 9.90 Å². The summed E-state index contributed by atoms with van der Waals surface area (Å²) in [5.74, 6) is 1.89. The van der Waals surface area contributed by atoms with Crippen molar-refractivity contribution in [1.29, 1.82) is 0 Å². The topological polar surface area (TPSA) is 37.3 Å². The number of carboxylic acid groups (broad SMARTS) is 1. The van der Waals surface area contributed by atoms with Gasteiger partial charge in [-0.3, -0.25) is 4.79 Å². The van der Waals surface area contributed by atoms with Crippen LogP contribution in [0.1, 0.15) is 64.7 Å². The van der Waals surface area contributed by atoms with Crippen molar-refractivity contribution in [3.8, 4) is 0 Å². The maximum Gasteiger partial charge on any atom is 0.303 e. The van der Waals surface area contributed by atoms with Gasteiger partial charge in [-0.25, -0.2) is 0 Å². The molecule has 1 N–H and O–H groups in total. The summed E-state index contributed by atoms with van der Waals surface area (Å²) in [5, 5.41) is 8.45. The fourth-order valence-electron chi connectivity index (χ4n) is 1.57. The number of hydrogen-bond donors (Lipinski definition) is 1. The molecule has 0 rings (SSSR count). The van der Waals surface area contributed by atoms with Gasteiger partial charge in [-0.15, -0.1) is 0 Å². The number of aliphatic carboxylic acids is 1. The highest BCUT2D eigenvalue weighted by molar-refractivity contribution is 7.99. The Bertz CT molecular complexity index is 160. The molecule has 0 saturated heterocycles. The third-order valence-electron chi connectivity index (χ3n) is 2.57. The summed E-state index contributed by atoms with van der Waals surface area (Å²) in [6, 6.07) is 0. The molecule has 0 aliphatic rings. The fraction of sp³-hybridized carbons (Fsp3) is 0.923. The van der Waals surface area contributed by atoms with E-state index in [4.69, 9.17) is 5.11 Å². The fourth-order valence-corrected chi connectivity index (χ4v) is 2.59. The highest BCUT2D eigenvalue weighted by Gasteiger charge is 1.96. The van der Waals surface area contributed by atoms with E-state index in [0.29, 0.717) is 6.42 Å². The Morgan fingerprint density at radius 2 is 1.50 bits per heavy atom. The van der Waals surface area contributed by atoms with Gasteiger partial charge in [0, 0.05) is 6.42 Å². The smallest absolute Gasteiger partial charge is 0.303 e. The van der Waals surface area contributed by atoms with Crippen LogP contribution < -0.4 is 0 Å². The minimum atomic E-state index is -0.662. The molecule has 0 fully saturated rings. The molecule has 2 nitrogen and oxygen atoms in total. The molecule has 0 unspecified atom stereocenters. The van der Waals surface area contributed by atoms with Crippen LogP contribution in [0.15, 0.2) is 0 Å². The van der Waals surface area contributed by atoms with Crippen LogP contribution in [0.25, 0.3) is 0 Å². The molecule has 0 aliphatic carbocycles. The standard InChI is InChI=1S/C13H26O2S/c1-2-3-4-8-11-16-12-9-6-5-7-10-13(14)15/h2-12H2,1H3,(H,14,15). The monoisotopic (exact) mass is 246 g/mol. The van der Waals surface area contributed by atoms with E-state index < -0.39 is 5.97 Å². The summed E-state index contributed by atoms with van der Waals surface area (Å²) in [6.45, 7) is 2.24. The van der Waals surface area contributed by atoms with Gasteiger partial charge in [-0.1, -0.05) is 39.0 Å². The van der Waals surface area contributed by atoms with Gasteiger partial charge in [0.1, 0.15) is 0 Å². The zero-order valence-corrected chi connectivity index (χ0v) is 11.4. The molecule has 3 heteroatoms. The second-order valence-electron chi connectivity index (χ2n) is 4.23. The Morgan fingerprint density at radius 1 is 0.938 bits per heavy atom. The number of carbonyl (C=O) groups is 1. The molecule has 0 aromatic carbocycles. The van der Waals surface area contributed by atoms with E-state index in [0.717, 1.165) is 12.8 Å². The van der Waals surface area contributed by atoms with E-state index in [9.17, 15) is 4.79 Å². The van der Waals surface area contributed by atoms with Crippen LogP contribution in [0.2, 0.25) is 0 Å². The third-order valence-corrected chi connectivity index (χ3v) is 3.73. The van der Waals surface area contributed by atoms with Crippen LogP contribution in [0.3, 0.4) is 0 Å². The summed E-state index contributed by atoms with van der Waals surface area (Å²) in [4.78, 5) is 10.3. The minimum Gasteiger partial charge on any atom is -0.481 e. The van der Waals surface area contributed by atoms with Gasteiger partial charge in [-0.2, -0.15) is 11.8 Å². The predicted molar refractivity (Wildman–Crippen MR) is 72.2 cm³/mol. The largest absolute Gasteiger partial charge is 0.481 e. The van der Waals surface area contributed by atoms with Gasteiger partial charge < -0.3 is 5.11 Å². The number of rotatable bonds is 12. The van der Waals surface area contributed by atoms with Crippen molar-refractivity contribution in [3.63, 3.8) is 0 Å². The van der Waals surface area contributed by atoms with E-state index >= 15 is 0 Å². The third kappa shape index (κ3) is 13.8. The summed E-state index contributed by atoms with van der Waals surface area (Å²) in [5.41, 5.74) is 0. The lowest BCUT2D eigenvalue weighted by atomic mass is 10.2. The maximum absolute atomic E-state index is 10.3. The second kappa shape index (κ2) is 12.9. The van der Waals surface area contributed by atoms with Gasteiger partial charge in [0.2, 0.25) is 0 Å². The Balaban J connectivity index is 2.90. The van der Waals surface area contributed by atoms with Crippen molar-refractivity contribution >= 4 is 17.7 Å². The first kappa shape index (κ1) is 15.8. The highest BCUT2D eigenvalue weighted by Crippen LogP contribution is 2.11. The van der Waals surface area contributed by atoms with Gasteiger partial charge in [-0.05, 0) is 30.8 Å². The van der Waals surface area contributed by atoms with Crippen LogP contribution in [0.4, 0.5) is 0 Å². The molecule has 0 atom stereocenters. The Hall–Kier alpha value is -0.180. The van der Waals surface area contributed by atoms with Gasteiger partial charge in [0.05, 0.1) is 0 Å². The van der Waals surface area contributed by atoms with Gasteiger partial charge in [0.25, 0.3) is 0 Å². The van der Waals surface area contributed by atoms with Gasteiger partial charge in [0.15, 0.2) is 0 Å². The molecule has 0 bridgehead atoms.